The average Bonchev–Trinajstić information content (AvgIpc) is 2.58. The van der Waals surface area contributed by atoms with Gasteiger partial charge in [-0.3, -0.25) is 4.99 Å². The molecule has 0 saturated heterocycles. The molecular formula is C17H30IN3O2S. The van der Waals surface area contributed by atoms with Crippen LogP contribution in [0.2, 0.25) is 0 Å². The van der Waals surface area contributed by atoms with Crippen LogP contribution in [0.25, 0.3) is 0 Å². The number of aryl methyl sites for hydroxylation is 1. The first-order chi connectivity index (χ1) is 11.2. The van der Waals surface area contributed by atoms with Crippen LogP contribution in [-0.2, 0) is 6.42 Å². The van der Waals surface area contributed by atoms with Crippen molar-refractivity contribution in [3.8, 4) is 11.5 Å². The molecule has 0 heterocycles. The van der Waals surface area contributed by atoms with E-state index < -0.39 is 0 Å². The van der Waals surface area contributed by atoms with E-state index >= 15 is 0 Å². The third kappa shape index (κ3) is 8.86. The van der Waals surface area contributed by atoms with Crippen molar-refractivity contribution in [3.05, 3.63) is 23.8 Å². The van der Waals surface area contributed by atoms with E-state index in [4.69, 9.17) is 9.47 Å². The zero-order valence-corrected chi connectivity index (χ0v) is 18.2. The number of hydrogen-bond donors (Lipinski definition) is 2. The van der Waals surface area contributed by atoms with Crippen LogP contribution in [0, 0.1) is 0 Å². The maximum Gasteiger partial charge on any atom is 0.191 e. The van der Waals surface area contributed by atoms with E-state index in [1.54, 1.807) is 14.2 Å². The lowest BCUT2D eigenvalue weighted by Crippen LogP contribution is -2.38. The molecule has 0 spiro atoms. The zero-order chi connectivity index (χ0) is 16.9. The van der Waals surface area contributed by atoms with Gasteiger partial charge in [0.2, 0.25) is 0 Å². The fraction of sp³-hybridized carbons (Fsp3) is 0.588. The smallest absolute Gasteiger partial charge is 0.191 e. The minimum atomic E-state index is 0. The second kappa shape index (κ2) is 14.5. The van der Waals surface area contributed by atoms with Gasteiger partial charge in [0, 0.05) is 25.4 Å². The molecule has 0 radical (unpaired) electrons. The SMILES string of the molecule is CCNC(=NCCCc1ccc(OC)c(OC)c1)NCCSC.I. The Hall–Kier alpha value is -0.830. The fourth-order valence-corrected chi connectivity index (χ4v) is 2.43. The van der Waals surface area contributed by atoms with E-state index in [0.29, 0.717) is 0 Å². The molecule has 0 aliphatic rings. The van der Waals surface area contributed by atoms with Crippen LogP contribution in [0.5, 0.6) is 11.5 Å². The Morgan fingerprint density at radius 1 is 1.17 bits per heavy atom. The van der Waals surface area contributed by atoms with E-state index in [-0.39, 0.29) is 24.0 Å². The summed E-state index contributed by atoms with van der Waals surface area (Å²) in [6, 6.07) is 6.06. The Kier molecular flexibility index (Phi) is 14.0. The molecule has 0 atom stereocenters. The largest absolute Gasteiger partial charge is 0.493 e. The highest BCUT2D eigenvalue weighted by Crippen LogP contribution is 2.27. The summed E-state index contributed by atoms with van der Waals surface area (Å²) in [5.74, 6) is 3.52. The highest BCUT2D eigenvalue weighted by molar-refractivity contribution is 14.0. The van der Waals surface area contributed by atoms with Crippen molar-refractivity contribution in [1.29, 1.82) is 0 Å². The third-order valence-electron chi connectivity index (χ3n) is 3.28. The molecular weight excluding hydrogens is 437 g/mol. The number of methoxy groups -OCH3 is 2. The van der Waals surface area contributed by atoms with Crippen LogP contribution in [-0.4, -0.2) is 51.8 Å². The maximum atomic E-state index is 5.33. The lowest BCUT2D eigenvalue weighted by molar-refractivity contribution is 0.354. The van der Waals surface area contributed by atoms with Crippen LogP contribution >= 0.6 is 35.7 Å². The second-order valence-corrected chi connectivity index (χ2v) is 5.96. The van der Waals surface area contributed by atoms with E-state index in [2.05, 4.69) is 34.9 Å². The molecule has 0 bridgehead atoms. The van der Waals surface area contributed by atoms with Crippen LogP contribution in [0.15, 0.2) is 23.2 Å². The topological polar surface area (TPSA) is 54.9 Å². The Bertz CT molecular complexity index is 487. The van der Waals surface area contributed by atoms with Gasteiger partial charge in [0.15, 0.2) is 17.5 Å². The summed E-state index contributed by atoms with van der Waals surface area (Å²) in [7, 11) is 3.31. The molecule has 0 amide bonds. The van der Waals surface area contributed by atoms with Crippen LogP contribution in [0.4, 0.5) is 0 Å². The van der Waals surface area contributed by atoms with Gasteiger partial charge in [0.25, 0.3) is 0 Å². The number of nitrogens with one attached hydrogen (secondary N) is 2. The molecule has 0 fully saturated rings. The number of rotatable bonds is 10. The molecule has 2 N–H and O–H groups in total. The molecule has 0 aromatic heterocycles. The van der Waals surface area contributed by atoms with Gasteiger partial charge in [-0.05, 0) is 43.7 Å². The number of thioether (sulfide) groups is 1. The molecule has 24 heavy (non-hydrogen) atoms. The second-order valence-electron chi connectivity index (χ2n) is 4.97. The summed E-state index contributed by atoms with van der Waals surface area (Å²) in [6.07, 6.45) is 4.07. The summed E-state index contributed by atoms with van der Waals surface area (Å²) in [5.41, 5.74) is 1.23. The predicted octanol–water partition coefficient (Wildman–Crippen LogP) is 3.17. The highest BCUT2D eigenvalue weighted by Gasteiger charge is 2.04. The molecule has 7 heteroatoms. The summed E-state index contributed by atoms with van der Waals surface area (Å²) < 4.78 is 10.6. The summed E-state index contributed by atoms with van der Waals surface area (Å²) in [5, 5.41) is 6.60. The fourth-order valence-electron chi connectivity index (χ4n) is 2.12. The Morgan fingerprint density at radius 3 is 2.54 bits per heavy atom. The summed E-state index contributed by atoms with van der Waals surface area (Å²) in [6.45, 7) is 4.68. The van der Waals surface area contributed by atoms with Crippen molar-refractivity contribution in [1.82, 2.24) is 10.6 Å². The molecule has 1 rings (SSSR count). The van der Waals surface area contributed by atoms with E-state index in [1.807, 2.05) is 23.9 Å². The first-order valence-corrected chi connectivity index (χ1v) is 9.36. The monoisotopic (exact) mass is 467 g/mol. The number of hydrogen-bond acceptors (Lipinski definition) is 4. The average molecular weight is 467 g/mol. The molecule has 138 valence electrons. The first-order valence-electron chi connectivity index (χ1n) is 7.97. The van der Waals surface area contributed by atoms with E-state index in [0.717, 1.165) is 55.7 Å². The number of nitrogens with zero attached hydrogens (tertiary/aromatic N) is 1. The Balaban J connectivity index is 0.00000529. The number of benzene rings is 1. The van der Waals surface area contributed by atoms with Gasteiger partial charge in [-0.1, -0.05) is 6.07 Å². The van der Waals surface area contributed by atoms with Crippen molar-refractivity contribution in [3.63, 3.8) is 0 Å². The van der Waals surface area contributed by atoms with Gasteiger partial charge < -0.3 is 20.1 Å². The molecule has 0 saturated carbocycles. The van der Waals surface area contributed by atoms with Crippen LogP contribution in [0.3, 0.4) is 0 Å². The molecule has 0 aliphatic heterocycles. The van der Waals surface area contributed by atoms with Crippen LogP contribution in [0.1, 0.15) is 18.9 Å². The summed E-state index contributed by atoms with van der Waals surface area (Å²) >= 11 is 1.83. The van der Waals surface area contributed by atoms with E-state index in [9.17, 15) is 0 Å². The molecule has 1 aromatic carbocycles. The van der Waals surface area contributed by atoms with Gasteiger partial charge in [-0.15, -0.1) is 24.0 Å². The highest BCUT2D eigenvalue weighted by atomic mass is 127. The van der Waals surface area contributed by atoms with Gasteiger partial charge in [-0.25, -0.2) is 0 Å². The third-order valence-corrected chi connectivity index (χ3v) is 3.90. The number of aliphatic imine (C=N–C) groups is 1. The molecule has 0 aliphatic carbocycles. The predicted molar refractivity (Wildman–Crippen MR) is 116 cm³/mol. The minimum absolute atomic E-state index is 0. The molecule has 5 nitrogen and oxygen atoms in total. The van der Waals surface area contributed by atoms with E-state index in [1.165, 1.54) is 5.56 Å². The van der Waals surface area contributed by atoms with Crippen molar-refractivity contribution in [2.24, 2.45) is 4.99 Å². The molecule has 0 unspecified atom stereocenters. The van der Waals surface area contributed by atoms with Crippen molar-refractivity contribution in [2.45, 2.75) is 19.8 Å². The minimum Gasteiger partial charge on any atom is -0.493 e. The normalized spacial score (nSPS) is 10.8. The van der Waals surface area contributed by atoms with Crippen LogP contribution < -0.4 is 20.1 Å². The van der Waals surface area contributed by atoms with Gasteiger partial charge in [-0.2, -0.15) is 11.8 Å². The van der Waals surface area contributed by atoms with Gasteiger partial charge in [0.1, 0.15) is 0 Å². The quantitative estimate of drug-likeness (QED) is 0.240. The van der Waals surface area contributed by atoms with Crippen molar-refractivity contribution < 1.29 is 9.47 Å². The maximum absolute atomic E-state index is 5.33. The summed E-state index contributed by atoms with van der Waals surface area (Å²) in [4.78, 5) is 4.61. The van der Waals surface area contributed by atoms with Gasteiger partial charge >= 0.3 is 0 Å². The standard InChI is InChI=1S/C17H29N3O2S.HI/c1-5-18-17(20-11-12-23-4)19-10-6-7-14-8-9-15(21-2)16(13-14)22-3;/h8-9,13H,5-7,10-12H2,1-4H3,(H2,18,19,20);1H. The van der Waals surface area contributed by atoms with Crippen molar-refractivity contribution in [2.75, 3.05) is 45.9 Å². The Morgan fingerprint density at radius 2 is 1.92 bits per heavy atom. The number of halogens is 1. The lowest BCUT2D eigenvalue weighted by Gasteiger charge is -2.11. The molecule has 1 aromatic rings. The first kappa shape index (κ1) is 23.2. The lowest BCUT2D eigenvalue weighted by atomic mass is 10.1. The van der Waals surface area contributed by atoms with Gasteiger partial charge in [0.05, 0.1) is 14.2 Å². The Labute approximate surface area is 167 Å². The van der Waals surface area contributed by atoms with Crippen molar-refractivity contribution >= 4 is 41.7 Å². The number of guanidine groups is 1. The number of ether oxygens (including phenoxy) is 2. The zero-order valence-electron chi connectivity index (χ0n) is 15.1.